The number of benzene rings is 1. The number of hydrogen-bond acceptors (Lipinski definition) is 4. The summed E-state index contributed by atoms with van der Waals surface area (Å²) in [7, 11) is -1.30. The standard InChI is InChI=1S/C21H28N2O3S/c1-15-8-7-9-17(12-15)21-23-19(16(2)26-21)13-27(25)14-20(24)22-18-10-5-3-4-6-11-18/h7-9,12,18H,3-6,10-11,13-14H2,1-2H3,(H,22,24)/t27-/m0/s1. The Labute approximate surface area is 163 Å². The van der Waals surface area contributed by atoms with Crippen molar-refractivity contribution < 1.29 is 13.4 Å². The molecular formula is C21H28N2O3S. The number of rotatable bonds is 6. The van der Waals surface area contributed by atoms with E-state index in [0.717, 1.165) is 36.8 Å². The fraction of sp³-hybridized carbons (Fsp3) is 0.524. The van der Waals surface area contributed by atoms with Crippen LogP contribution < -0.4 is 5.32 Å². The van der Waals surface area contributed by atoms with Crippen LogP contribution in [0.25, 0.3) is 11.5 Å². The molecule has 0 radical (unpaired) electrons. The third-order valence-electron chi connectivity index (χ3n) is 4.97. The van der Waals surface area contributed by atoms with Crippen molar-refractivity contribution in [2.45, 2.75) is 64.2 Å². The third kappa shape index (κ3) is 5.76. The summed E-state index contributed by atoms with van der Waals surface area (Å²) in [6.45, 7) is 3.84. The summed E-state index contributed by atoms with van der Waals surface area (Å²) < 4.78 is 18.2. The van der Waals surface area contributed by atoms with E-state index in [1.807, 2.05) is 38.1 Å². The van der Waals surface area contributed by atoms with Gasteiger partial charge >= 0.3 is 0 Å². The Morgan fingerprint density at radius 1 is 1.22 bits per heavy atom. The Bertz CT molecular complexity index is 808. The Morgan fingerprint density at radius 3 is 2.67 bits per heavy atom. The molecule has 1 amide bonds. The van der Waals surface area contributed by atoms with Gasteiger partial charge in [-0.2, -0.15) is 0 Å². The number of oxazole rings is 1. The van der Waals surface area contributed by atoms with Crippen molar-refractivity contribution in [2.75, 3.05) is 5.75 Å². The maximum absolute atomic E-state index is 12.5. The fourth-order valence-electron chi connectivity index (χ4n) is 3.51. The molecule has 1 fully saturated rings. The van der Waals surface area contributed by atoms with Gasteiger partial charge in [0.1, 0.15) is 11.5 Å². The van der Waals surface area contributed by atoms with Crippen molar-refractivity contribution in [1.82, 2.24) is 10.3 Å². The minimum absolute atomic E-state index is 0.0164. The van der Waals surface area contributed by atoms with E-state index in [9.17, 15) is 9.00 Å². The second kappa shape index (κ2) is 9.31. The minimum Gasteiger partial charge on any atom is -0.441 e. The van der Waals surface area contributed by atoms with E-state index in [4.69, 9.17) is 4.42 Å². The molecule has 1 aliphatic rings. The van der Waals surface area contributed by atoms with E-state index < -0.39 is 10.8 Å². The van der Waals surface area contributed by atoms with Crippen LogP contribution >= 0.6 is 0 Å². The lowest BCUT2D eigenvalue weighted by atomic mass is 10.1. The molecular weight excluding hydrogens is 360 g/mol. The van der Waals surface area contributed by atoms with Crippen molar-refractivity contribution in [1.29, 1.82) is 0 Å². The van der Waals surface area contributed by atoms with E-state index in [2.05, 4.69) is 10.3 Å². The van der Waals surface area contributed by atoms with E-state index in [1.165, 1.54) is 12.8 Å². The lowest BCUT2D eigenvalue weighted by Gasteiger charge is -2.15. The highest BCUT2D eigenvalue weighted by molar-refractivity contribution is 7.84. The number of carbonyl (C=O) groups is 1. The van der Waals surface area contributed by atoms with Crippen molar-refractivity contribution in [3.05, 3.63) is 41.3 Å². The second-order valence-electron chi connectivity index (χ2n) is 7.38. The third-order valence-corrected chi connectivity index (χ3v) is 6.15. The van der Waals surface area contributed by atoms with Gasteiger partial charge in [-0.15, -0.1) is 0 Å². The lowest BCUT2D eigenvalue weighted by Crippen LogP contribution is -2.37. The predicted molar refractivity (Wildman–Crippen MR) is 108 cm³/mol. The molecule has 1 N–H and O–H groups in total. The molecule has 0 unspecified atom stereocenters. The average Bonchev–Trinajstić information content (AvgIpc) is 2.81. The number of nitrogens with zero attached hydrogens (tertiary/aromatic N) is 1. The van der Waals surface area contributed by atoms with E-state index >= 15 is 0 Å². The van der Waals surface area contributed by atoms with Crippen molar-refractivity contribution in [3.8, 4) is 11.5 Å². The number of nitrogens with one attached hydrogen (secondary N) is 1. The molecule has 0 saturated heterocycles. The molecule has 5 nitrogen and oxygen atoms in total. The van der Waals surface area contributed by atoms with E-state index in [-0.39, 0.29) is 23.5 Å². The summed E-state index contributed by atoms with van der Waals surface area (Å²) in [4.78, 5) is 16.7. The van der Waals surface area contributed by atoms with Gasteiger partial charge in [0, 0.05) is 22.4 Å². The molecule has 0 bridgehead atoms. The summed E-state index contributed by atoms with van der Waals surface area (Å²) >= 11 is 0. The quantitative estimate of drug-likeness (QED) is 0.758. The summed E-state index contributed by atoms with van der Waals surface area (Å²) in [6.07, 6.45) is 6.86. The molecule has 0 spiro atoms. The van der Waals surface area contributed by atoms with Crippen molar-refractivity contribution in [3.63, 3.8) is 0 Å². The van der Waals surface area contributed by atoms with Crippen LogP contribution in [-0.2, 0) is 21.3 Å². The largest absolute Gasteiger partial charge is 0.441 e. The van der Waals surface area contributed by atoms with Crippen LogP contribution in [0, 0.1) is 13.8 Å². The van der Waals surface area contributed by atoms with Gasteiger partial charge in [-0.3, -0.25) is 9.00 Å². The molecule has 3 rings (SSSR count). The molecule has 1 saturated carbocycles. The first-order valence-corrected chi connectivity index (χ1v) is 11.2. The Hall–Kier alpha value is -1.95. The van der Waals surface area contributed by atoms with Gasteiger partial charge in [0.15, 0.2) is 0 Å². The first-order valence-electron chi connectivity index (χ1n) is 9.69. The van der Waals surface area contributed by atoms with Crippen LogP contribution in [-0.4, -0.2) is 26.9 Å². The maximum atomic E-state index is 12.5. The van der Waals surface area contributed by atoms with Gasteiger partial charge in [0.05, 0.1) is 11.4 Å². The number of amides is 1. The SMILES string of the molecule is Cc1cccc(-c2nc(C[S@](=O)CC(=O)NC3CCCCCC3)c(C)o2)c1. The molecule has 2 aromatic rings. The lowest BCUT2D eigenvalue weighted by molar-refractivity contribution is -0.119. The second-order valence-corrected chi connectivity index (χ2v) is 8.83. The molecule has 6 heteroatoms. The zero-order valence-corrected chi connectivity index (χ0v) is 16.9. The molecule has 1 atom stereocenters. The molecule has 1 aliphatic carbocycles. The fourth-order valence-corrected chi connectivity index (χ4v) is 4.56. The van der Waals surface area contributed by atoms with E-state index in [0.29, 0.717) is 17.3 Å². The minimum atomic E-state index is -1.30. The molecule has 146 valence electrons. The number of carbonyl (C=O) groups excluding carboxylic acids is 1. The normalized spacial score (nSPS) is 16.7. The maximum Gasteiger partial charge on any atom is 0.232 e. The monoisotopic (exact) mass is 388 g/mol. The van der Waals surface area contributed by atoms with Crippen molar-refractivity contribution >= 4 is 16.7 Å². The van der Waals surface area contributed by atoms with Crippen LogP contribution in [0.4, 0.5) is 0 Å². The number of aryl methyl sites for hydroxylation is 2. The van der Waals surface area contributed by atoms with Gasteiger partial charge in [-0.05, 0) is 38.8 Å². The first kappa shape index (κ1) is 19.8. The van der Waals surface area contributed by atoms with Gasteiger partial charge < -0.3 is 9.73 Å². The number of hydrogen-bond donors (Lipinski definition) is 1. The molecule has 1 aromatic carbocycles. The smallest absolute Gasteiger partial charge is 0.232 e. The Morgan fingerprint density at radius 2 is 1.96 bits per heavy atom. The van der Waals surface area contributed by atoms with Gasteiger partial charge in [0.25, 0.3) is 0 Å². The van der Waals surface area contributed by atoms with Gasteiger partial charge in [0.2, 0.25) is 11.8 Å². The van der Waals surface area contributed by atoms with Crippen LogP contribution in [0.1, 0.15) is 55.5 Å². The van der Waals surface area contributed by atoms with Crippen LogP contribution in [0.15, 0.2) is 28.7 Å². The molecule has 27 heavy (non-hydrogen) atoms. The van der Waals surface area contributed by atoms with Crippen molar-refractivity contribution in [2.24, 2.45) is 0 Å². The topological polar surface area (TPSA) is 72.2 Å². The zero-order valence-electron chi connectivity index (χ0n) is 16.1. The summed E-state index contributed by atoms with van der Waals surface area (Å²) in [5.41, 5.74) is 2.69. The molecule has 1 heterocycles. The predicted octanol–water partition coefficient (Wildman–Crippen LogP) is 4.05. The van der Waals surface area contributed by atoms with Gasteiger partial charge in [-0.25, -0.2) is 4.98 Å². The van der Waals surface area contributed by atoms with E-state index in [1.54, 1.807) is 0 Å². The first-order chi connectivity index (χ1) is 13.0. The Balaban J connectivity index is 1.56. The average molecular weight is 389 g/mol. The highest BCUT2D eigenvalue weighted by Gasteiger charge is 2.19. The van der Waals surface area contributed by atoms with Gasteiger partial charge in [-0.1, -0.05) is 43.4 Å². The van der Waals surface area contributed by atoms with Crippen LogP contribution in [0.5, 0.6) is 0 Å². The number of aromatic nitrogens is 1. The zero-order chi connectivity index (χ0) is 19.2. The molecule has 0 aliphatic heterocycles. The molecule has 1 aromatic heterocycles. The summed E-state index contributed by atoms with van der Waals surface area (Å²) in [6, 6.07) is 8.16. The highest BCUT2D eigenvalue weighted by Crippen LogP contribution is 2.23. The van der Waals surface area contributed by atoms with Crippen LogP contribution in [0.2, 0.25) is 0 Å². The summed E-state index contributed by atoms with van der Waals surface area (Å²) in [5.74, 6) is 1.32. The van der Waals surface area contributed by atoms with Crippen LogP contribution in [0.3, 0.4) is 0 Å². The Kier molecular flexibility index (Phi) is 6.83. The summed E-state index contributed by atoms with van der Waals surface area (Å²) in [5, 5.41) is 3.05. The highest BCUT2D eigenvalue weighted by atomic mass is 32.2.